The van der Waals surface area contributed by atoms with E-state index in [1.807, 2.05) is 12.1 Å². The zero-order valence-electron chi connectivity index (χ0n) is 15.6. The SMILES string of the molecule is COc1ccc(-n2nc(C3CCCCC3)cc2-c2ccc(C)cc2)cc1. The minimum atomic E-state index is 0.590. The van der Waals surface area contributed by atoms with Crippen molar-refractivity contribution in [1.82, 2.24) is 9.78 Å². The Labute approximate surface area is 155 Å². The molecule has 1 aromatic heterocycles. The van der Waals surface area contributed by atoms with Gasteiger partial charge in [-0.05, 0) is 50.1 Å². The molecule has 0 N–H and O–H groups in total. The molecule has 2 aromatic carbocycles. The van der Waals surface area contributed by atoms with Gasteiger partial charge in [0.25, 0.3) is 0 Å². The van der Waals surface area contributed by atoms with Gasteiger partial charge in [-0.1, -0.05) is 49.1 Å². The summed E-state index contributed by atoms with van der Waals surface area (Å²) in [5.74, 6) is 1.46. The molecule has 1 heterocycles. The summed E-state index contributed by atoms with van der Waals surface area (Å²) in [6.45, 7) is 2.12. The Kier molecular flexibility index (Phi) is 4.79. The summed E-state index contributed by atoms with van der Waals surface area (Å²) < 4.78 is 7.40. The molecule has 3 nitrogen and oxygen atoms in total. The van der Waals surface area contributed by atoms with Crippen molar-refractivity contribution in [3.05, 3.63) is 65.9 Å². The van der Waals surface area contributed by atoms with Crippen LogP contribution >= 0.6 is 0 Å². The van der Waals surface area contributed by atoms with E-state index in [2.05, 4.69) is 54.1 Å². The van der Waals surface area contributed by atoms with Gasteiger partial charge < -0.3 is 4.74 Å². The molecule has 0 atom stereocenters. The molecule has 3 heteroatoms. The molecule has 0 saturated heterocycles. The highest BCUT2D eigenvalue weighted by Gasteiger charge is 2.21. The van der Waals surface area contributed by atoms with Crippen LogP contribution in [0.5, 0.6) is 5.75 Å². The van der Waals surface area contributed by atoms with Gasteiger partial charge in [-0.3, -0.25) is 0 Å². The molecule has 0 radical (unpaired) electrons. The number of hydrogen-bond acceptors (Lipinski definition) is 2. The van der Waals surface area contributed by atoms with Crippen molar-refractivity contribution in [2.24, 2.45) is 0 Å². The summed E-state index contributed by atoms with van der Waals surface area (Å²) in [5.41, 5.74) is 5.95. The highest BCUT2D eigenvalue weighted by Crippen LogP contribution is 2.35. The van der Waals surface area contributed by atoms with Crippen molar-refractivity contribution in [3.8, 4) is 22.7 Å². The van der Waals surface area contributed by atoms with E-state index in [1.165, 1.54) is 48.9 Å². The number of aryl methyl sites for hydroxylation is 1. The molecule has 1 fully saturated rings. The summed E-state index contributed by atoms with van der Waals surface area (Å²) in [4.78, 5) is 0. The van der Waals surface area contributed by atoms with Gasteiger partial charge in [-0.2, -0.15) is 5.10 Å². The van der Waals surface area contributed by atoms with E-state index >= 15 is 0 Å². The van der Waals surface area contributed by atoms with Gasteiger partial charge in [0.1, 0.15) is 5.75 Å². The number of nitrogens with zero attached hydrogens (tertiary/aromatic N) is 2. The average Bonchev–Trinajstić information content (AvgIpc) is 3.15. The standard InChI is InChI=1S/C23H26N2O/c1-17-8-10-19(11-9-17)23-16-22(18-6-4-3-5-7-18)24-25(23)20-12-14-21(26-2)15-13-20/h8-16,18H,3-7H2,1-2H3. The first kappa shape index (κ1) is 16.9. The van der Waals surface area contributed by atoms with E-state index in [0.29, 0.717) is 5.92 Å². The first-order valence-electron chi connectivity index (χ1n) is 9.56. The van der Waals surface area contributed by atoms with Crippen LogP contribution in [0, 0.1) is 6.92 Å². The third-order valence-corrected chi connectivity index (χ3v) is 5.42. The Morgan fingerprint density at radius 3 is 2.27 bits per heavy atom. The van der Waals surface area contributed by atoms with Gasteiger partial charge in [-0.15, -0.1) is 0 Å². The highest BCUT2D eigenvalue weighted by atomic mass is 16.5. The van der Waals surface area contributed by atoms with Gasteiger partial charge in [0.15, 0.2) is 0 Å². The fraction of sp³-hybridized carbons (Fsp3) is 0.348. The van der Waals surface area contributed by atoms with Crippen LogP contribution in [0.25, 0.3) is 16.9 Å². The van der Waals surface area contributed by atoms with Crippen molar-refractivity contribution in [3.63, 3.8) is 0 Å². The molecule has 26 heavy (non-hydrogen) atoms. The monoisotopic (exact) mass is 346 g/mol. The molecule has 3 aromatic rings. The quantitative estimate of drug-likeness (QED) is 0.588. The molecular weight excluding hydrogens is 320 g/mol. The number of hydrogen-bond donors (Lipinski definition) is 0. The second-order valence-electron chi connectivity index (χ2n) is 7.27. The summed E-state index contributed by atoms with van der Waals surface area (Å²) >= 11 is 0. The molecule has 0 aliphatic heterocycles. The maximum absolute atomic E-state index is 5.30. The van der Waals surface area contributed by atoms with Crippen molar-refractivity contribution in [2.75, 3.05) is 7.11 Å². The molecule has 4 rings (SSSR count). The van der Waals surface area contributed by atoms with E-state index < -0.39 is 0 Å². The second-order valence-corrected chi connectivity index (χ2v) is 7.27. The van der Waals surface area contributed by atoms with E-state index in [0.717, 1.165) is 17.1 Å². The molecule has 0 unspecified atom stereocenters. The lowest BCUT2D eigenvalue weighted by atomic mass is 9.87. The third kappa shape index (κ3) is 3.39. The van der Waals surface area contributed by atoms with Crippen molar-refractivity contribution in [2.45, 2.75) is 44.9 Å². The van der Waals surface area contributed by atoms with Crippen LogP contribution in [0.4, 0.5) is 0 Å². The van der Waals surface area contributed by atoms with Gasteiger partial charge in [0, 0.05) is 11.5 Å². The fourth-order valence-corrected chi connectivity index (χ4v) is 3.85. The Hall–Kier alpha value is -2.55. The Bertz CT molecular complexity index is 856. The normalized spacial score (nSPS) is 15.2. The topological polar surface area (TPSA) is 27.1 Å². The number of aromatic nitrogens is 2. The molecule has 1 aliphatic carbocycles. The summed E-state index contributed by atoms with van der Waals surface area (Å²) in [5, 5.41) is 5.03. The molecule has 0 amide bonds. The van der Waals surface area contributed by atoms with E-state index in [1.54, 1.807) is 7.11 Å². The first-order valence-corrected chi connectivity index (χ1v) is 9.56. The van der Waals surface area contributed by atoms with Crippen molar-refractivity contribution in [1.29, 1.82) is 0 Å². The zero-order chi connectivity index (χ0) is 17.9. The molecule has 1 aliphatic rings. The van der Waals surface area contributed by atoms with Gasteiger partial charge >= 0.3 is 0 Å². The van der Waals surface area contributed by atoms with Crippen LogP contribution in [0.2, 0.25) is 0 Å². The lowest BCUT2D eigenvalue weighted by Gasteiger charge is -2.19. The lowest BCUT2D eigenvalue weighted by molar-refractivity contribution is 0.414. The number of ether oxygens (including phenoxy) is 1. The van der Waals surface area contributed by atoms with Crippen LogP contribution in [0.1, 0.15) is 49.3 Å². The number of rotatable bonds is 4. The first-order chi connectivity index (χ1) is 12.7. The van der Waals surface area contributed by atoms with Crippen LogP contribution in [-0.2, 0) is 0 Å². The van der Waals surface area contributed by atoms with Gasteiger partial charge in [0.05, 0.1) is 24.2 Å². The predicted octanol–water partition coefficient (Wildman–Crippen LogP) is 5.90. The predicted molar refractivity (Wildman–Crippen MR) is 106 cm³/mol. The van der Waals surface area contributed by atoms with Crippen LogP contribution < -0.4 is 4.74 Å². The highest BCUT2D eigenvalue weighted by molar-refractivity contribution is 5.63. The maximum Gasteiger partial charge on any atom is 0.119 e. The smallest absolute Gasteiger partial charge is 0.119 e. The van der Waals surface area contributed by atoms with E-state index in [-0.39, 0.29) is 0 Å². The summed E-state index contributed by atoms with van der Waals surface area (Å²) in [7, 11) is 1.70. The average molecular weight is 346 g/mol. The summed E-state index contributed by atoms with van der Waals surface area (Å²) in [6.07, 6.45) is 6.51. The second kappa shape index (κ2) is 7.36. The molecule has 0 bridgehead atoms. The summed E-state index contributed by atoms with van der Waals surface area (Å²) in [6, 6.07) is 19.2. The fourth-order valence-electron chi connectivity index (χ4n) is 3.85. The molecule has 134 valence electrons. The lowest BCUT2D eigenvalue weighted by Crippen LogP contribution is -2.06. The van der Waals surface area contributed by atoms with E-state index in [9.17, 15) is 0 Å². The van der Waals surface area contributed by atoms with Gasteiger partial charge in [-0.25, -0.2) is 4.68 Å². The maximum atomic E-state index is 5.30. The van der Waals surface area contributed by atoms with Crippen molar-refractivity contribution < 1.29 is 4.74 Å². The minimum absolute atomic E-state index is 0.590. The Balaban J connectivity index is 1.78. The van der Waals surface area contributed by atoms with Crippen LogP contribution in [0.15, 0.2) is 54.6 Å². The third-order valence-electron chi connectivity index (χ3n) is 5.42. The Morgan fingerprint density at radius 2 is 1.62 bits per heavy atom. The molecule has 1 saturated carbocycles. The molecular formula is C23H26N2O. The van der Waals surface area contributed by atoms with Gasteiger partial charge in [0.2, 0.25) is 0 Å². The minimum Gasteiger partial charge on any atom is -0.497 e. The largest absolute Gasteiger partial charge is 0.497 e. The van der Waals surface area contributed by atoms with Crippen molar-refractivity contribution >= 4 is 0 Å². The molecule has 0 spiro atoms. The zero-order valence-corrected chi connectivity index (χ0v) is 15.6. The number of benzene rings is 2. The van der Waals surface area contributed by atoms with Crippen LogP contribution in [0.3, 0.4) is 0 Å². The number of methoxy groups -OCH3 is 1. The Morgan fingerprint density at radius 1 is 0.923 bits per heavy atom. The van der Waals surface area contributed by atoms with E-state index in [4.69, 9.17) is 9.84 Å². The van der Waals surface area contributed by atoms with Crippen LogP contribution in [-0.4, -0.2) is 16.9 Å².